The van der Waals surface area contributed by atoms with Gasteiger partial charge in [-0.2, -0.15) is 4.98 Å². The number of para-hydroxylation sites is 1. The van der Waals surface area contributed by atoms with E-state index in [9.17, 15) is 31.2 Å². The van der Waals surface area contributed by atoms with Gasteiger partial charge in [-0.15, -0.1) is 0 Å². The number of hydrogen-bond donors (Lipinski definition) is 2. The van der Waals surface area contributed by atoms with E-state index in [1.54, 1.807) is 26.0 Å². The van der Waals surface area contributed by atoms with Gasteiger partial charge >= 0.3 is 6.03 Å². The first-order valence-electron chi connectivity index (χ1n) is 12.2. The van der Waals surface area contributed by atoms with Gasteiger partial charge in [0.1, 0.15) is 23.1 Å². The van der Waals surface area contributed by atoms with Crippen LogP contribution in [0.2, 0.25) is 0 Å². The number of sulfone groups is 1. The van der Waals surface area contributed by atoms with Crippen LogP contribution in [0.3, 0.4) is 0 Å². The highest BCUT2D eigenvalue weighted by Gasteiger charge is 2.35. The zero-order valence-corrected chi connectivity index (χ0v) is 22.7. The van der Waals surface area contributed by atoms with Crippen LogP contribution < -0.4 is 15.5 Å². The predicted octanol–water partition coefficient (Wildman–Crippen LogP) is 5.19. The molecular weight excluding hydrogens is 559 g/mol. The Kier molecular flexibility index (Phi) is 6.99. The molecule has 210 valence electrons. The number of fused-ring (bicyclic) bond motifs is 1. The quantitative estimate of drug-likeness (QED) is 0.313. The van der Waals surface area contributed by atoms with Crippen molar-refractivity contribution in [3.05, 3.63) is 94.3 Å². The molecule has 0 saturated carbocycles. The van der Waals surface area contributed by atoms with Crippen LogP contribution in [0.1, 0.15) is 27.0 Å². The van der Waals surface area contributed by atoms with Crippen molar-refractivity contribution < 1.29 is 31.2 Å². The molecule has 0 saturated heterocycles. The maximum Gasteiger partial charge on any atom is 0.328 e. The molecule has 0 spiro atoms. The average molecular weight is 582 g/mol. The van der Waals surface area contributed by atoms with E-state index < -0.39 is 50.1 Å². The molecule has 0 fully saturated rings. The second kappa shape index (κ2) is 10.3. The Morgan fingerprint density at radius 3 is 2.29 bits per heavy atom. The third-order valence-electron chi connectivity index (χ3n) is 6.47. The topological polar surface area (TPSA) is 121 Å². The lowest BCUT2D eigenvalue weighted by Gasteiger charge is -2.30. The zero-order chi connectivity index (χ0) is 29.6. The number of halogens is 3. The molecule has 2 N–H and O–H groups in total. The first-order valence-corrected chi connectivity index (χ1v) is 14.1. The normalized spacial score (nSPS) is 13.0. The Morgan fingerprint density at radius 2 is 1.63 bits per heavy atom. The summed E-state index contributed by atoms with van der Waals surface area (Å²) in [6.45, 7) is 3.10. The number of carbonyl (C=O) groups excluding carboxylic acids is 2. The summed E-state index contributed by atoms with van der Waals surface area (Å²) < 4.78 is 68.8. The van der Waals surface area contributed by atoms with Gasteiger partial charge in [0.05, 0.1) is 12.2 Å². The minimum atomic E-state index is -4.07. The van der Waals surface area contributed by atoms with Gasteiger partial charge in [0.15, 0.2) is 5.82 Å². The van der Waals surface area contributed by atoms with Gasteiger partial charge in [-0.1, -0.05) is 18.2 Å². The summed E-state index contributed by atoms with van der Waals surface area (Å²) >= 11 is 0. The number of nitrogens with zero attached hydrogens (tertiary/aromatic N) is 3. The number of rotatable bonds is 5. The first kappa shape index (κ1) is 27.8. The average Bonchev–Trinajstić information content (AvgIpc) is 2.91. The Labute approximate surface area is 233 Å². The molecule has 0 unspecified atom stereocenters. The van der Waals surface area contributed by atoms with Gasteiger partial charge in [0.25, 0.3) is 5.91 Å². The monoisotopic (exact) mass is 581 g/mol. The first-order chi connectivity index (χ1) is 19.3. The van der Waals surface area contributed by atoms with E-state index in [1.165, 1.54) is 18.2 Å². The summed E-state index contributed by atoms with van der Waals surface area (Å²) in [6, 6.07) is 10.9. The van der Waals surface area contributed by atoms with Crippen LogP contribution in [0.4, 0.5) is 35.2 Å². The van der Waals surface area contributed by atoms with E-state index >= 15 is 0 Å². The number of aromatic nitrogens is 2. The number of hydrogen-bond acceptors (Lipinski definition) is 6. The predicted molar refractivity (Wildman–Crippen MR) is 145 cm³/mol. The molecule has 1 aliphatic heterocycles. The van der Waals surface area contributed by atoms with Crippen LogP contribution in [-0.2, 0) is 16.4 Å². The smallest absolute Gasteiger partial charge is 0.328 e. The zero-order valence-electron chi connectivity index (χ0n) is 21.9. The number of nitrogens with one attached hydrogen (secondary N) is 2. The van der Waals surface area contributed by atoms with Crippen molar-refractivity contribution in [3.63, 3.8) is 0 Å². The van der Waals surface area contributed by atoms with Crippen LogP contribution in [0.15, 0.2) is 59.8 Å². The molecule has 41 heavy (non-hydrogen) atoms. The molecule has 0 aliphatic carbocycles. The van der Waals surface area contributed by atoms with Crippen LogP contribution in [-0.4, -0.2) is 36.6 Å². The van der Waals surface area contributed by atoms with E-state index in [4.69, 9.17) is 0 Å². The lowest BCUT2D eigenvalue weighted by molar-refractivity contribution is 0.102. The summed E-state index contributed by atoms with van der Waals surface area (Å²) in [5, 5.41) is 4.53. The molecule has 9 nitrogen and oxygen atoms in total. The Balaban J connectivity index is 1.67. The van der Waals surface area contributed by atoms with Crippen LogP contribution in [0.25, 0.3) is 11.3 Å². The van der Waals surface area contributed by atoms with E-state index in [1.807, 2.05) is 0 Å². The molecule has 5 rings (SSSR count). The fourth-order valence-electron chi connectivity index (χ4n) is 4.33. The maximum absolute atomic E-state index is 14.8. The molecule has 3 amide bonds. The minimum absolute atomic E-state index is 0.0622. The number of benzene rings is 3. The molecule has 1 aromatic heterocycles. The number of aryl methyl sites for hydroxylation is 2. The minimum Gasteiger partial charge on any atom is -0.333 e. The Morgan fingerprint density at radius 1 is 0.951 bits per heavy atom. The fourth-order valence-corrected chi connectivity index (χ4v) is 4.84. The highest BCUT2D eigenvalue weighted by Crippen LogP contribution is 2.39. The second-order valence-corrected chi connectivity index (χ2v) is 11.4. The summed E-state index contributed by atoms with van der Waals surface area (Å²) in [6.07, 6.45) is 0.861. The molecule has 1 aliphatic rings. The highest BCUT2D eigenvalue weighted by atomic mass is 32.2. The summed E-state index contributed by atoms with van der Waals surface area (Å²) in [5.74, 6) is -3.58. The van der Waals surface area contributed by atoms with Crippen molar-refractivity contribution in [1.82, 2.24) is 15.3 Å². The Hall–Kier alpha value is -4.78. The highest BCUT2D eigenvalue weighted by molar-refractivity contribution is 7.90. The standard InChI is InChI=1S/C28H22F3N5O4S/c1-14-8-10-17(33-26(37)16-9-7-15(2)22(31)11-16)12-18(14)23-19-13-32-28(38)36(24-20(29)5-4-6-21(24)30)25(19)35-27(34-23)41(3,39)40/h4-12H,13H2,1-3H3,(H,32,38)(H,33,37). The second-order valence-electron chi connectivity index (χ2n) is 9.44. The number of amides is 3. The lowest BCUT2D eigenvalue weighted by Crippen LogP contribution is -2.43. The van der Waals surface area contributed by atoms with Gasteiger partial charge in [0.2, 0.25) is 15.0 Å². The van der Waals surface area contributed by atoms with Crippen molar-refractivity contribution in [1.29, 1.82) is 0 Å². The molecule has 4 aromatic rings. The Bertz CT molecular complexity index is 1840. The third-order valence-corrected chi connectivity index (χ3v) is 7.32. The summed E-state index contributed by atoms with van der Waals surface area (Å²) in [5.41, 5.74) is 1.21. The van der Waals surface area contributed by atoms with Gasteiger partial charge in [0, 0.05) is 28.6 Å². The van der Waals surface area contributed by atoms with Crippen molar-refractivity contribution in [2.75, 3.05) is 16.5 Å². The summed E-state index contributed by atoms with van der Waals surface area (Å²) in [4.78, 5) is 34.6. The van der Waals surface area contributed by atoms with Gasteiger partial charge in [-0.3, -0.25) is 4.79 Å². The SMILES string of the molecule is Cc1ccc(C(=O)Nc2ccc(C)c(-c3nc(S(C)(=O)=O)nc4c3CNC(=O)N4c3c(F)cccc3F)c2)cc1F. The number of urea groups is 1. The largest absolute Gasteiger partial charge is 0.333 e. The van der Waals surface area contributed by atoms with E-state index in [0.29, 0.717) is 21.6 Å². The molecular formula is C28H22F3N5O4S. The molecule has 3 aromatic carbocycles. The van der Waals surface area contributed by atoms with Crippen molar-refractivity contribution in [3.8, 4) is 11.3 Å². The molecule has 13 heteroatoms. The van der Waals surface area contributed by atoms with Crippen LogP contribution >= 0.6 is 0 Å². The van der Waals surface area contributed by atoms with Crippen molar-refractivity contribution in [2.45, 2.75) is 25.5 Å². The van der Waals surface area contributed by atoms with Gasteiger partial charge in [-0.05, 0) is 61.4 Å². The van der Waals surface area contributed by atoms with Crippen molar-refractivity contribution >= 4 is 39.0 Å². The van der Waals surface area contributed by atoms with Gasteiger partial charge < -0.3 is 10.6 Å². The molecule has 0 atom stereocenters. The van der Waals surface area contributed by atoms with Crippen LogP contribution in [0.5, 0.6) is 0 Å². The fraction of sp³-hybridized carbons (Fsp3) is 0.143. The maximum atomic E-state index is 14.8. The molecule has 2 heterocycles. The molecule has 0 radical (unpaired) electrons. The number of carbonyl (C=O) groups is 2. The number of anilines is 3. The van der Waals surface area contributed by atoms with Crippen LogP contribution in [0, 0.1) is 31.3 Å². The van der Waals surface area contributed by atoms with Crippen molar-refractivity contribution in [2.24, 2.45) is 0 Å². The lowest BCUT2D eigenvalue weighted by atomic mass is 9.99. The van der Waals surface area contributed by atoms with Gasteiger partial charge in [-0.25, -0.2) is 36.3 Å². The van der Waals surface area contributed by atoms with E-state index in [0.717, 1.165) is 30.5 Å². The third kappa shape index (κ3) is 5.23. The van der Waals surface area contributed by atoms with E-state index in [2.05, 4.69) is 20.6 Å². The molecule has 0 bridgehead atoms. The summed E-state index contributed by atoms with van der Waals surface area (Å²) in [7, 11) is -4.07. The van der Waals surface area contributed by atoms with E-state index in [-0.39, 0.29) is 34.9 Å².